The molecule has 44 heavy (non-hydrogen) atoms. The third kappa shape index (κ3) is 7.57. The van der Waals surface area contributed by atoms with E-state index in [1.807, 2.05) is 12.1 Å². The first-order chi connectivity index (χ1) is 21.1. The van der Waals surface area contributed by atoms with E-state index >= 15 is 0 Å². The molecule has 1 unspecified atom stereocenters. The lowest BCUT2D eigenvalue weighted by molar-refractivity contribution is -0.115. The average molecular weight is 634 g/mol. The van der Waals surface area contributed by atoms with Crippen molar-refractivity contribution in [1.29, 1.82) is 0 Å². The Balaban J connectivity index is 1.46. The Hall–Kier alpha value is -4.81. The Morgan fingerprint density at radius 2 is 1.45 bits per heavy atom. The number of hydrogen-bond donors (Lipinski definition) is 3. The fourth-order valence-corrected chi connectivity index (χ4v) is 6.19. The van der Waals surface area contributed by atoms with Crippen LogP contribution in [0, 0.1) is 6.92 Å². The molecule has 1 aromatic heterocycles. The van der Waals surface area contributed by atoms with Crippen LogP contribution in [-0.4, -0.2) is 50.3 Å². The lowest BCUT2D eigenvalue weighted by atomic mass is 10.1. The first-order valence-corrected chi connectivity index (χ1v) is 15.0. The van der Waals surface area contributed by atoms with Crippen molar-refractivity contribution in [2.24, 2.45) is 0 Å². The summed E-state index contributed by atoms with van der Waals surface area (Å²) in [5, 5.41) is 8.09. The summed E-state index contributed by atoms with van der Waals surface area (Å²) in [4.78, 5) is 52.8. The van der Waals surface area contributed by atoms with Gasteiger partial charge in [0.1, 0.15) is 5.00 Å². The van der Waals surface area contributed by atoms with Crippen molar-refractivity contribution in [2.45, 2.75) is 24.0 Å². The predicted molar refractivity (Wildman–Crippen MR) is 173 cm³/mol. The summed E-state index contributed by atoms with van der Waals surface area (Å²) in [6.45, 7) is 3.36. The third-order valence-corrected chi connectivity index (χ3v) is 8.73. The molecule has 0 aliphatic carbocycles. The number of hydrogen-bond acceptors (Lipinski definition) is 9. The zero-order valence-electron chi connectivity index (χ0n) is 24.7. The normalized spacial score (nSPS) is 11.2. The number of esters is 1. The number of carbonyl (C=O) groups is 4. The predicted octanol–water partition coefficient (Wildman–Crippen LogP) is 6.48. The second-order valence-electron chi connectivity index (χ2n) is 9.37. The molecule has 0 bridgehead atoms. The van der Waals surface area contributed by atoms with Gasteiger partial charge >= 0.3 is 5.97 Å². The number of rotatable bonds is 11. The minimum Gasteiger partial charge on any atom is -0.493 e. The van der Waals surface area contributed by atoms with Gasteiger partial charge in [0.15, 0.2) is 11.5 Å². The highest BCUT2D eigenvalue weighted by Gasteiger charge is 2.27. The maximum absolute atomic E-state index is 13.3. The molecule has 3 aromatic carbocycles. The van der Waals surface area contributed by atoms with Crippen molar-refractivity contribution in [3.05, 3.63) is 94.4 Å². The zero-order chi connectivity index (χ0) is 31.8. The molecule has 0 aliphatic heterocycles. The van der Waals surface area contributed by atoms with Gasteiger partial charge in [-0.15, -0.1) is 23.1 Å². The van der Waals surface area contributed by atoms with Gasteiger partial charge in [-0.3, -0.25) is 14.4 Å². The Kier molecular flexibility index (Phi) is 10.6. The maximum atomic E-state index is 13.3. The van der Waals surface area contributed by atoms with E-state index in [2.05, 4.69) is 16.0 Å². The molecule has 0 aliphatic rings. The molecule has 3 N–H and O–H groups in total. The van der Waals surface area contributed by atoms with E-state index in [4.69, 9.17) is 14.2 Å². The molecule has 0 fully saturated rings. The largest absolute Gasteiger partial charge is 0.493 e. The van der Waals surface area contributed by atoms with Gasteiger partial charge in [0.2, 0.25) is 5.91 Å². The van der Waals surface area contributed by atoms with Crippen LogP contribution in [0.15, 0.2) is 77.7 Å². The molecule has 10 nitrogen and oxygen atoms in total. The fourth-order valence-electron chi connectivity index (χ4n) is 4.17. The highest BCUT2D eigenvalue weighted by atomic mass is 32.2. The Labute approximate surface area is 263 Å². The van der Waals surface area contributed by atoms with Gasteiger partial charge in [-0.2, -0.15) is 0 Å². The Morgan fingerprint density at radius 3 is 2.14 bits per heavy atom. The first-order valence-electron chi connectivity index (χ1n) is 13.3. The van der Waals surface area contributed by atoms with Crippen LogP contribution in [0.3, 0.4) is 0 Å². The topological polar surface area (TPSA) is 132 Å². The fraction of sp³-hybridized carbons (Fsp3) is 0.188. The monoisotopic (exact) mass is 633 g/mol. The number of thioether (sulfide) groups is 1. The summed E-state index contributed by atoms with van der Waals surface area (Å²) in [5.41, 5.74) is 2.06. The van der Waals surface area contributed by atoms with Gasteiger partial charge in [-0.25, -0.2) is 4.79 Å². The standard InChI is InChI=1S/C32H31N3O7S2/c1-18-26(32(39)42-5)31(44-27(18)30(38)33-21-10-7-6-8-11-21)35-28(36)19(2)43-23-13-9-12-22(17-23)34-29(37)20-14-15-24(40-3)25(16-20)41-4/h6-17,19H,1-5H3,(H,33,38)(H,34,37)(H,35,36). The molecule has 0 radical (unpaired) electrons. The zero-order valence-corrected chi connectivity index (χ0v) is 26.3. The van der Waals surface area contributed by atoms with Gasteiger partial charge in [-0.05, 0) is 67.9 Å². The van der Waals surface area contributed by atoms with Crippen LogP contribution < -0.4 is 25.4 Å². The van der Waals surface area contributed by atoms with Crippen molar-refractivity contribution in [3.63, 3.8) is 0 Å². The summed E-state index contributed by atoms with van der Waals surface area (Å²) in [5.74, 6) is -0.835. The molecular formula is C32H31N3O7S2. The Bertz CT molecular complexity index is 1690. The van der Waals surface area contributed by atoms with E-state index in [-0.39, 0.29) is 27.3 Å². The van der Waals surface area contributed by atoms with Gasteiger partial charge < -0.3 is 30.2 Å². The molecule has 4 aromatic rings. The average Bonchev–Trinajstić information content (AvgIpc) is 3.36. The van der Waals surface area contributed by atoms with Crippen LogP contribution >= 0.6 is 23.1 Å². The van der Waals surface area contributed by atoms with E-state index in [0.29, 0.717) is 34.0 Å². The van der Waals surface area contributed by atoms with Crippen LogP contribution in [0.1, 0.15) is 42.9 Å². The van der Waals surface area contributed by atoms with Crippen molar-refractivity contribution in [2.75, 3.05) is 37.3 Å². The minimum atomic E-state index is -0.661. The molecule has 0 saturated heterocycles. The van der Waals surface area contributed by atoms with Gasteiger partial charge in [-0.1, -0.05) is 24.3 Å². The molecule has 12 heteroatoms. The second kappa shape index (κ2) is 14.6. The molecular weight excluding hydrogens is 603 g/mol. The van der Waals surface area contributed by atoms with Crippen LogP contribution in [0.2, 0.25) is 0 Å². The summed E-state index contributed by atoms with van der Waals surface area (Å²) in [6.07, 6.45) is 0. The second-order valence-corrected chi connectivity index (χ2v) is 11.8. The van der Waals surface area contributed by atoms with Crippen molar-refractivity contribution >= 4 is 63.2 Å². The summed E-state index contributed by atoms with van der Waals surface area (Å²) in [7, 11) is 4.25. The first kappa shape index (κ1) is 32.1. The van der Waals surface area contributed by atoms with E-state index < -0.39 is 17.1 Å². The van der Waals surface area contributed by atoms with E-state index in [9.17, 15) is 19.2 Å². The van der Waals surface area contributed by atoms with Crippen LogP contribution in [0.4, 0.5) is 16.4 Å². The van der Waals surface area contributed by atoms with Gasteiger partial charge in [0.05, 0.1) is 37.0 Å². The highest BCUT2D eigenvalue weighted by molar-refractivity contribution is 8.00. The van der Waals surface area contributed by atoms with E-state index in [1.54, 1.807) is 74.5 Å². The highest BCUT2D eigenvalue weighted by Crippen LogP contribution is 2.35. The number of methoxy groups -OCH3 is 3. The molecule has 1 atom stereocenters. The van der Waals surface area contributed by atoms with Gasteiger partial charge in [0, 0.05) is 21.8 Å². The lowest BCUT2D eigenvalue weighted by Crippen LogP contribution is -2.23. The van der Waals surface area contributed by atoms with Crippen LogP contribution in [0.5, 0.6) is 11.5 Å². The number of anilines is 3. The molecule has 1 heterocycles. The molecule has 0 saturated carbocycles. The maximum Gasteiger partial charge on any atom is 0.341 e. The quantitative estimate of drug-likeness (QED) is 0.126. The SMILES string of the molecule is COC(=O)c1c(NC(=O)C(C)Sc2cccc(NC(=O)c3ccc(OC)c(OC)c3)c2)sc(C(=O)Nc2ccccc2)c1C. The number of thiophene rings is 1. The van der Waals surface area contributed by atoms with Crippen molar-refractivity contribution in [3.8, 4) is 11.5 Å². The number of nitrogens with one attached hydrogen (secondary N) is 3. The summed E-state index contributed by atoms with van der Waals surface area (Å²) in [6, 6.07) is 20.9. The number of amides is 3. The van der Waals surface area contributed by atoms with Crippen molar-refractivity contribution in [1.82, 2.24) is 0 Å². The lowest BCUT2D eigenvalue weighted by Gasteiger charge is -2.13. The Morgan fingerprint density at radius 1 is 0.773 bits per heavy atom. The third-order valence-electron chi connectivity index (χ3n) is 6.43. The number of benzene rings is 3. The summed E-state index contributed by atoms with van der Waals surface area (Å²) < 4.78 is 15.5. The van der Waals surface area contributed by atoms with Crippen LogP contribution in [-0.2, 0) is 9.53 Å². The van der Waals surface area contributed by atoms with Gasteiger partial charge in [0.25, 0.3) is 11.8 Å². The number of ether oxygens (including phenoxy) is 3. The minimum absolute atomic E-state index is 0.126. The summed E-state index contributed by atoms with van der Waals surface area (Å²) >= 11 is 2.27. The molecule has 0 spiro atoms. The molecule has 4 rings (SSSR count). The van der Waals surface area contributed by atoms with E-state index in [0.717, 1.165) is 16.2 Å². The van der Waals surface area contributed by atoms with Crippen molar-refractivity contribution < 1.29 is 33.4 Å². The smallest absolute Gasteiger partial charge is 0.341 e. The molecule has 228 valence electrons. The number of para-hydroxylation sites is 1. The van der Waals surface area contributed by atoms with E-state index in [1.165, 1.54) is 33.1 Å². The number of carbonyl (C=O) groups excluding carboxylic acids is 4. The van der Waals surface area contributed by atoms with Crippen LogP contribution in [0.25, 0.3) is 0 Å². The molecule has 3 amide bonds.